The number of amides is 2. The third-order valence-corrected chi connectivity index (χ3v) is 7.25. The molecule has 1 heterocycles. The molecular weight excluding hydrogens is 364 g/mol. The summed E-state index contributed by atoms with van der Waals surface area (Å²) in [6, 6.07) is 7.92. The highest BCUT2D eigenvalue weighted by Gasteiger charge is 2.35. The van der Waals surface area contributed by atoms with Gasteiger partial charge in [-0.25, -0.2) is 8.42 Å². The molecule has 1 atom stereocenters. The molecule has 2 aliphatic rings. The van der Waals surface area contributed by atoms with Gasteiger partial charge in [-0.15, -0.1) is 0 Å². The third kappa shape index (κ3) is 5.09. The lowest BCUT2D eigenvalue weighted by atomic mass is 9.95. The van der Waals surface area contributed by atoms with Gasteiger partial charge in [0.15, 0.2) is 9.84 Å². The zero-order chi connectivity index (χ0) is 19.3. The molecule has 2 fully saturated rings. The van der Waals surface area contributed by atoms with E-state index < -0.39 is 15.9 Å². The average molecular weight is 393 g/mol. The molecule has 1 aromatic carbocycles. The van der Waals surface area contributed by atoms with Crippen molar-refractivity contribution in [1.82, 2.24) is 10.2 Å². The van der Waals surface area contributed by atoms with E-state index >= 15 is 0 Å². The molecule has 0 unspecified atom stereocenters. The van der Waals surface area contributed by atoms with Crippen LogP contribution in [0.15, 0.2) is 35.2 Å². The second kappa shape index (κ2) is 8.87. The fourth-order valence-corrected chi connectivity index (χ4v) is 5.24. The summed E-state index contributed by atoms with van der Waals surface area (Å²) in [5.41, 5.74) is 0. The van der Waals surface area contributed by atoms with Crippen molar-refractivity contribution in [2.45, 2.75) is 68.3 Å². The number of nitrogens with one attached hydrogen (secondary N) is 1. The number of hydrogen-bond acceptors (Lipinski definition) is 4. The fourth-order valence-electron chi connectivity index (χ4n) is 3.99. The maximum atomic E-state index is 12.6. The molecule has 148 valence electrons. The van der Waals surface area contributed by atoms with Gasteiger partial charge in [0.2, 0.25) is 11.8 Å². The van der Waals surface area contributed by atoms with Crippen LogP contribution in [0.1, 0.15) is 51.4 Å². The fraction of sp³-hybridized carbons (Fsp3) is 0.600. The van der Waals surface area contributed by atoms with Crippen molar-refractivity contribution < 1.29 is 18.0 Å². The van der Waals surface area contributed by atoms with E-state index in [1.807, 2.05) is 0 Å². The van der Waals surface area contributed by atoms with E-state index in [2.05, 4.69) is 5.32 Å². The molecule has 1 N–H and O–H groups in total. The molecule has 1 saturated carbocycles. The Hall–Kier alpha value is -1.89. The maximum absolute atomic E-state index is 12.6. The van der Waals surface area contributed by atoms with Crippen LogP contribution in [0.5, 0.6) is 0 Å². The van der Waals surface area contributed by atoms with E-state index in [4.69, 9.17) is 0 Å². The van der Waals surface area contributed by atoms with Crippen molar-refractivity contribution >= 4 is 21.7 Å². The van der Waals surface area contributed by atoms with Gasteiger partial charge in [-0.2, -0.15) is 0 Å². The maximum Gasteiger partial charge on any atom is 0.243 e. The lowest BCUT2D eigenvalue weighted by Gasteiger charge is -2.28. The first-order valence-corrected chi connectivity index (χ1v) is 11.5. The SMILES string of the molecule is O=C(NC1CCCCC1)[C@@H]1CCCN1C(=O)CCS(=O)(=O)c1ccccc1. The van der Waals surface area contributed by atoms with Gasteiger partial charge >= 0.3 is 0 Å². The molecule has 1 saturated heterocycles. The number of rotatable bonds is 6. The van der Waals surface area contributed by atoms with Crippen molar-refractivity contribution in [2.75, 3.05) is 12.3 Å². The molecule has 3 rings (SSSR count). The van der Waals surface area contributed by atoms with E-state index in [-0.39, 0.29) is 34.9 Å². The molecule has 0 spiro atoms. The van der Waals surface area contributed by atoms with Crippen molar-refractivity contribution in [3.05, 3.63) is 30.3 Å². The minimum absolute atomic E-state index is 0.0846. The smallest absolute Gasteiger partial charge is 0.243 e. The van der Waals surface area contributed by atoms with E-state index in [0.717, 1.165) is 32.1 Å². The van der Waals surface area contributed by atoms with Crippen LogP contribution in [0.2, 0.25) is 0 Å². The molecule has 27 heavy (non-hydrogen) atoms. The average Bonchev–Trinajstić information content (AvgIpc) is 3.18. The number of nitrogens with zero attached hydrogens (tertiary/aromatic N) is 1. The molecule has 2 amide bonds. The minimum atomic E-state index is -3.49. The molecule has 0 bridgehead atoms. The summed E-state index contributed by atoms with van der Waals surface area (Å²) < 4.78 is 24.8. The molecule has 0 aromatic heterocycles. The first kappa shape index (κ1) is 19.9. The van der Waals surface area contributed by atoms with E-state index in [1.165, 1.54) is 18.6 Å². The van der Waals surface area contributed by atoms with Crippen molar-refractivity contribution in [1.29, 1.82) is 0 Å². The van der Waals surface area contributed by atoms with E-state index in [9.17, 15) is 18.0 Å². The molecule has 1 aliphatic carbocycles. The highest BCUT2D eigenvalue weighted by molar-refractivity contribution is 7.91. The van der Waals surface area contributed by atoms with Gasteiger partial charge in [0.25, 0.3) is 0 Å². The monoisotopic (exact) mass is 392 g/mol. The van der Waals surface area contributed by atoms with Gasteiger partial charge in [-0.3, -0.25) is 9.59 Å². The van der Waals surface area contributed by atoms with Gasteiger partial charge in [0, 0.05) is 19.0 Å². The van der Waals surface area contributed by atoms with Crippen molar-refractivity contribution in [3.63, 3.8) is 0 Å². The van der Waals surface area contributed by atoms with Gasteiger partial charge in [0.1, 0.15) is 6.04 Å². The highest BCUT2D eigenvalue weighted by atomic mass is 32.2. The van der Waals surface area contributed by atoms with Gasteiger partial charge in [-0.1, -0.05) is 37.5 Å². The Balaban J connectivity index is 1.56. The summed E-state index contributed by atoms with van der Waals surface area (Å²) in [6.07, 6.45) is 6.82. The zero-order valence-corrected chi connectivity index (χ0v) is 16.4. The second-order valence-corrected chi connectivity index (χ2v) is 9.58. The Bertz CT molecular complexity index is 757. The topological polar surface area (TPSA) is 83.6 Å². The predicted octanol–water partition coefficient (Wildman–Crippen LogP) is 2.29. The standard InChI is InChI=1S/C20H28N2O4S/c23-19(13-15-27(25,26)17-10-5-2-6-11-17)22-14-7-12-18(22)20(24)21-16-8-3-1-4-9-16/h2,5-6,10-11,16,18H,1,3-4,7-9,12-15H2,(H,21,24)/t18-/m0/s1. The number of hydrogen-bond donors (Lipinski definition) is 1. The molecule has 1 aromatic rings. The molecular formula is C20H28N2O4S. The predicted molar refractivity (Wildman–Crippen MR) is 103 cm³/mol. The molecule has 0 radical (unpaired) electrons. The molecule has 1 aliphatic heterocycles. The van der Waals surface area contributed by atoms with Crippen molar-refractivity contribution in [3.8, 4) is 0 Å². The lowest BCUT2D eigenvalue weighted by molar-refractivity contribution is -0.138. The van der Waals surface area contributed by atoms with Crippen LogP contribution < -0.4 is 5.32 Å². The van der Waals surface area contributed by atoms with Crippen LogP contribution in [-0.4, -0.2) is 49.5 Å². The van der Waals surface area contributed by atoms with E-state index in [0.29, 0.717) is 13.0 Å². The molecule has 7 heteroatoms. The number of carbonyl (C=O) groups is 2. The van der Waals surface area contributed by atoms with Crippen LogP contribution in [0.4, 0.5) is 0 Å². The van der Waals surface area contributed by atoms with Gasteiger partial charge in [0.05, 0.1) is 10.6 Å². The minimum Gasteiger partial charge on any atom is -0.352 e. The Morgan fingerprint density at radius 2 is 1.70 bits per heavy atom. The van der Waals surface area contributed by atoms with Crippen LogP contribution in [0, 0.1) is 0 Å². The van der Waals surface area contributed by atoms with Crippen LogP contribution in [-0.2, 0) is 19.4 Å². The van der Waals surface area contributed by atoms with Crippen molar-refractivity contribution in [2.24, 2.45) is 0 Å². The normalized spacial score (nSPS) is 21.2. The first-order valence-electron chi connectivity index (χ1n) is 9.85. The Labute approximate surface area is 161 Å². The Morgan fingerprint density at radius 1 is 1.00 bits per heavy atom. The molecule has 6 nitrogen and oxygen atoms in total. The number of carbonyl (C=O) groups excluding carboxylic acids is 2. The zero-order valence-electron chi connectivity index (χ0n) is 15.6. The summed E-state index contributed by atoms with van der Waals surface area (Å²) in [7, 11) is -3.49. The van der Waals surface area contributed by atoms with Crippen LogP contribution in [0.25, 0.3) is 0 Å². The Kier molecular flexibility index (Phi) is 6.52. The van der Waals surface area contributed by atoms with Crippen LogP contribution in [0.3, 0.4) is 0 Å². The number of benzene rings is 1. The van der Waals surface area contributed by atoms with E-state index in [1.54, 1.807) is 23.1 Å². The summed E-state index contributed by atoms with van der Waals surface area (Å²) in [4.78, 5) is 27.0. The quantitative estimate of drug-likeness (QED) is 0.805. The summed E-state index contributed by atoms with van der Waals surface area (Å²) >= 11 is 0. The second-order valence-electron chi connectivity index (χ2n) is 7.47. The Morgan fingerprint density at radius 3 is 2.41 bits per heavy atom. The summed E-state index contributed by atoms with van der Waals surface area (Å²) in [6.45, 7) is 0.521. The van der Waals surface area contributed by atoms with Gasteiger partial charge < -0.3 is 10.2 Å². The number of sulfone groups is 1. The third-order valence-electron chi connectivity index (χ3n) is 5.51. The number of likely N-dealkylation sites (tertiary alicyclic amines) is 1. The first-order chi connectivity index (χ1) is 13.0. The lowest BCUT2D eigenvalue weighted by Crippen LogP contribution is -2.49. The largest absolute Gasteiger partial charge is 0.352 e. The highest BCUT2D eigenvalue weighted by Crippen LogP contribution is 2.22. The van der Waals surface area contributed by atoms with Gasteiger partial charge in [-0.05, 0) is 37.8 Å². The van der Waals surface area contributed by atoms with Crippen LogP contribution >= 0.6 is 0 Å². The summed E-state index contributed by atoms with van der Waals surface area (Å²) in [5.74, 6) is -0.571. The summed E-state index contributed by atoms with van der Waals surface area (Å²) in [5, 5.41) is 3.09.